The van der Waals surface area contributed by atoms with Gasteiger partial charge in [0, 0.05) is 30.8 Å². The van der Waals surface area contributed by atoms with E-state index in [-0.39, 0.29) is 23.2 Å². The van der Waals surface area contributed by atoms with E-state index >= 15 is 0 Å². The normalized spacial score (nSPS) is 14.8. The average Bonchev–Trinajstić information content (AvgIpc) is 3.34. The predicted octanol–water partition coefficient (Wildman–Crippen LogP) is 2.85. The van der Waals surface area contributed by atoms with Crippen LogP contribution in [0.5, 0.6) is 5.75 Å². The maximum absolute atomic E-state index is 12.8. The minimum atomic E-state index is -3.51. The lowest BCUT2D eigenvalue weighted by Gasteiger charge is -2.25. The molecule has 0 spiro atoms. The molecule has 2 aromatic carbocycles. The first kappa shape index (κ1) is 22.0. The molecule has 4 rings (SSSR count). The quantitative estimate of drug-likeness (QED) is 0.581. The number of rotatable bonds is 7. The molecule has 0 radical (unpaired) electrons. The van der Waals surface area contributed by atoms with E-state index in [9.17, 15) is 13.2 Å². The summed E-state index contributed by atoms with van der Waals surface area (Å²) in [5.74, 6) is 0.173. The van der Waals surface area contributed by atoms with Gasteiger partial charge < -0.3 is 14.6 Å². The Kier molecular flexibility index (Phi) is 6.52. The van der Waals surface area contributed by atoms with Gasteiger partial charge in [0.25, 0.3) is 0 Å². The number of carbonyl (C=O) groups excluding carboxylic acids is 1. The van der Waals surface area contributed by atoms with E-state index in [1.54, 1.807) is 25.3 Å². The van der Waals surface area contributed by atoms with Gasteiger partial charge in [-0.15, -0.1) is 0 Å². The van der Waals surface area contributed by atoms with Gasteiger partial charge in [-0.1, -0.05) is 29.8 Å². The van der Waals surface area contributed by atoms with Gasteiger partial charge in [-0.05, 0) is 43.2 Å². The fourth-order valence-electron chi connectivity index (χ4n) is 3.56. The van der Waals surface area contributed by atoms with Crippen molar-refractivity contribution in [2.75, 3.05) is 20.2 Å². The fourth-order valence-corrected chi connectivity index (χ4v) is 5.08. The van der Waals surface area contributed by atoms with E-state index in [1.807, 2.05) is 18.2 Å². The molecular weight excluding hydrogens is 432 g/mol. The third-order valence-corrected chi connectivity index (χ3v) is 7.23. The summed E-state index contributed by atoms with van der Waals surface area (Å²) in [5.41, 5.74) is 1.36. The summed E-state index contributed by atoms with van der Waals surface area (Å²) < 4.78 is 37.4. The number of hydrogen-bond donors (Lipinski definition) is 1. The van der Waals surface area contributed by atoms with Gasteiger partial charge in [-0.2, -0.15) is 9.29 Å². The van der Waals surface area contributed by atoms with Crippen molar-refractivity contribution in [3.8, 4) is 17.1 Å². The van der Waals surface area contributed by atoms with Crippen LogP contribution in [0.2, 0.25) is 0 Å². The SMILES string of the molecule is COc1ccccc1CNC(=O)c1nc(-c2ccc(S(=O)(=O)N3CCCCC3)cc2)no1. The van der Waals surface area contributed by atoms with Crippen molar-refractivity contribution in [2.24, 2.45) is 0 Å². The molecule has 1 aromatic heterocycles. The number of piperidine rings is 1. The molecule has 0 aliphatic carbocycles. The molecule has 0 saturated carbocycles. The summed E-state index contributed by atoms with van der Waals surface area (Å²) in [4.78, 5) is 16.7. The van der Waals surface area contributed by atoms with Crippen molar-refractivity contribution in [1.29, 1.82) is 0 Å². The summed E-state index contributed by atoms with van der Waals surface area (Å²) in [5, 5.41) is 6.57. The number of methoxy groups -OCH3 is 1. The monoisotopic (exact) mass is 456 g/mol. The molecule has 168 valence electrons. The summed E-state index contributed by atoms with van der Waals surface area (Å²) in [6.07, 6.45) is 2.81. The van der Waals surface area contributed by atoms with Gasteiger partial charge in [-0.25, -0.2) is 8.42 Å². The van der Waals surface area contributed by atoms with Crippen LogP contribution in [-0.2, 0) is 16.6 Å². The highest BCUT2D eigenvalue weighted by Crippen LogP contribution is 2.23. The lowest BCUT2D eigenvalue weighted by Crippen LogP contribution is -2.35. The molecule has 0 atom stereocenters. The maximum atomic E-state index is 12.8. The van der Waals surface area contributed by atoms with E-state index < -0.39 is 15.9 Å². The van der Waals surface area contributed by atoms with E-state index in [0.29, 0.717) is 24.4 Å². The zero-order valence-electron chi connectivity index (χ0n) is 17.7. The van der Waals surface area contributed by atoms with Gasteiger partial charge in [0.05, 0.1) is 12.0 Å². The van der Waals surface area contributed by atoms with Crippen LogP contribution < -0.4 is 10.1 Å². The Hall–Kier alpha value is -3.24. The lowest BCUT2D eigenvalue weighted by atomic mass is 10.2. The Morgan fingerprint density at radius 1 is 1.09 bits per heavy atom. The van der Waals surface area contributed by atoms with Crippen molar-refractivity contribution in [3.63, 3.8) is 0 Å². The van der Waals surface area contributed by atoms with Crippen LogP contribution in [0.25, 0.3) is 11.4 Å². The Balaban J connectivity index is 1.43. The molecule has 10 heteroatoms. The van der Waals surface area contributed by atoms with Crippen molar-refractivity contribution < 1.29 is 22.5 Å². The van der Waals surface area contributed by atoms with Crippen LogP contribution in [0.1, 0.15) is 35.5 Å². The number of hydrogen-bond acceptors (Lipinski definition) is 7. The number of para-hydroxylation sites is 1. The summed E-state index contributed by atoms with van der Waals surface area (Å²) in [7, 11) is -1.95. The molecule has 1 amide bonds. The van der Waals surface area contributed by atoms with Gasteiger partial charge in [0.1, 0.15) is 5.75 Å². The van der Waals surface area contributed by atoms with Crippen molar-refractivity contribution in [3.05, 3.63) is 60.0 Å². The number of benzene rings is 2. The second-order valence-corrected chi connectivity index (χ2v) is 9.34. The number of aromatic nitrogens is 2. The van der Waals surface area contributed by atoms with Crippen LogP contribution in [0.4, 0.5) is 0 Å². The van der Waals surface area contributed by atoms with Crippen molar-refractivity contribution in [1.82, 2.24) is 19.8 Å². The Morgan fingerprint density at radius 2 is 1.81 bits per heavy atom. The number of sulfonamides is 1. The average molecular weight is 457 g/mol. The molecule has 3 aromatic rings. The molecule has 1 aliphatic rings. The van der Waals surface area contributed by atoms with Crippen LogP contribution in [0.15, 0.2) is 57.9 Å². The Bertz CT molecular complexity index is 1190. The first-order chi connectivity index (χ1) is 15.5. The standard InChI is InChI=1S/C22H24N4O5S/c1-30-19-8-4-3-7-17(19)15-23-21(27)22-24-20(25-31-22)16-9-11-18(12-10-16)32(28,29)26-13-5-2-6-14-26/h3-4,7-12H,2,5-6,13-15H2,1H3,(H,23,27). The van der Waals surface area contributed by atoms with Crippen molar-refractivity contribution in [2.45, 2.75) is 30.7 Å². The first-order valence-corrected chi connectivity index (χ1v) is 11.8. The lowest BCUT2D eigenvalue weighted by molar-refractivity contribution is 0.0906. The number of ether oxygens (including phenoxy) is 1. The minimum Gasteiger partial charge on any atom is -0.496 e. The highest BCUT2D eigenvalue weighted by Gasteiger charge is 2.26. The molecule has 1 N–H and O–H groups in total. The number of amides is 1. The summed E-state index contributed by atoms with van der Waals surface area (Å²) >= 11 is 0. The van der Waals surface area contributed by atoms with Gasteiger partial charge in [0.2, 0.25) is 15.8 Å². The maximum Gasteiger partial charge on any atom is 0.316 e. The molecule has 1 fully saturated rings. The molecule has 1 saturated heterocycles. The van der Waals surface area contributed by atoms with E-state index in [2.05, 4.69) is 15.5 Å². The molecule has 9 nitrogen and oxygen atoms in total. The largest absolute Gasteiger partial charge is 0.496 e. The summed E-state index contributed by atoms with van der Waals surface area (Å²) in [6, 6.07) is 13.6. The number of nitrogens with one attached hydrogen (secondary N) is 1. The Morgan fingerprint density at radius 3 is 2.53 bits per heavy atom. The minimum absolute atomic E-state index is 0.181. The van der Waals surface area contributed by atoms with Crippen LogP contribution in [0.3, 0.4) is 0 Å². The first-order valence-electron chi connectivity index (χ1n) is 10.3. The highest BCUT2D eigenvalue weighted by molar-refractivity contribution is 7.89. The predicted molar refractivity (Wildman–Crippen MR) is 117 cm³/mol. The molecule has 1 aliphatic heterocycles. The fraction of sp³-hybridized carbons (Fsp3) is 0.318. The molecule has 32 heavy (non-hydrogen) atoms. The van der Waals surface area contributed by atoms with Crippen molar-refractivity contribution >= 4 is 15.9 Å². The molecular formula is C22H24N4O5S. The van der Waals surface area contributed by atoms with E-state index in [1.165, 1.54) is 16.4 Å². The van der Waals surface area contributed by atoms with Gasteiger partial charge >= 0.3 is 11.8 Å². The second-order valence-electron chi connectivity index (χ2n) is 7.41. The van der Waals surface area contributed by atoms with Gasteiger partial charge in [0.15, 0.2) is 0 Å². The number of nitrogens with zero attached hydrogens (tertiary/aromatic N) is 3. The second kappa shape index (κ2) is 9.49. The third-order valence-electron chi connectivity index (χ3n) is 5.32. The molecule has 2 heterocycles. The molecule has 0 unspecified atom stereocenters. The smallest absolute Gasteiger partial charge is 0.316 e. The molecule has 0 bridgehead atoms. The topological polar surface area (TPSA) is 115 Å². The third kappa shape index (κ3) is 4.66. The Labute approximate surface area is 186 Å². The van der Waals surface area contributed by atoms with E-state index in [4.69, 9.17) is 9.26 Å². The highest BCUT2D eigenvalue weighted by atomic mass is 32.2. The van der Waals surface area contributed by atoms with Crippen LogP contribution >= 0.6 is 0 Å². The van der Waals surface area contributed by atoms with Crippen LogP contribution in [0, 0.1) is 0 Å². The van der Waals surface area contributed by atoms with E-state index in [0.717, 1.165) is 24.8 Å². The van der Waals surface area contributed by atoms with Gasteiger partial charge in [-0.3, -0.25) is 4.79 Å². The zero-order valence-corrected chi connectivity index (χ0v) is 18.5. The summed E-state index contributed by atoms with van der Waals surface area (Å²) in [6.45, 7) is 1.33. The number of carbonyl (C=O) groups is 1. The zero-order chi connectivity index (χ0) is 22.6. The van der Waals surface area contributed by atoms with Crippen LogP contribution in [-0.4, -0.2) is 49.0 Å².